The van der Waals surface area contributed by atoms with Gasteiger partial charge in [-0.25, -0.2) is 14.8 Å². The van der Waals surface area contributed by atoms with Crippen molar-refractivity contribution in [1.82, 2.24) is 19.4 Å². The highest BCUT2D eigenvalue weighted by Crippen LogP contribution is 2.44. The van der Waals surface area contributed by atoms with E-state index in [1.165, 1.54) is 0 Å². The molecule has 1 N–H and O–H groups in total. The van der Waals surface area contributed by atoms with Crippen LogP contribution in [0.1, 0.15) is 65.5 Å². The highest BCUT2D eigenvalue weighted by atomic mass is 35.5. The average molecular weight is 613 g/mol. The molecule has 5 aromatic rings. The first-order valence-electron chi connectivity index (χ1n) is 15.3. The predicted molar refractivity (Wildman–Crippen MR) is 165 cm³/mol. The third kappa shape index (κ3) is 5.02. The second-order valence-corrected chi connectivity index (χ2v) is 12.6. The number of carboxylic acid groups (broad SMARTS) is 1. The molecule has 2 bridgehead atoms. The summed E-state index contributed by atoms with van der Waals surface area (Å²) in [5, 5.41) is 11.1. The largest absolute Gasteiger partial charge is 0.478 e. The summed E-state index contributed by atoms with van der Waals surface area (Å²) >= 11 is 6.30. The van der Waals surface area contributed by atoms with Crippen LogP contribution < -0.4 is 4.74 Å². The number of imidazole rings is 1. The standard InChI is InChI=1S/C34H33ClN4O5/c35-27-8-4-21(33-26(27)11-13-43-33)19-44-32-3-1-2-28(37-32)22-14-23-6-7-24(15-22)38(23)18-31-36-29-9-5-20(34(40)41)16-30(29)39(31)17-25-10-12-42-25/h1-5,8-9,11,13,16,22-25H,6-7,10,12,14-15,17-19H2,(H,40,41)/t22?,23?,24?,25-/m0/s1. The van der Waals surface area contributed by atoms with Crippen LogP contribution in [0.25, 0.3) is 22.0 Å². The van der Waals surface area contributed by atoms with Crippen molar-refractivity contribution < 1.29 is 23.8 Å². The molecule has 3 aliphatic rings. The van der Waals surface area contributed by atoms with Crippen molar-refractivity contribution in [2.24, 2.45) is 0 Å². The molecular formula is C34H33ClN4O5. The fourth-order valence-corrected chi connectivity index (χ4v) is 7.50. The van der Waals surface area contributed by atoms with E-state index in [-0.39, 0.29) is 11.7 Å². The Kier molecular flexibility index (Phi) is 7.04. The molecule has 0 radical (unpaired) electrons. The Bertz CT molecular complexity index is 1850. The molecule has 3 saturated heterocycles. The van der Waals surface area contributed by atoms with Crippen molar-refractivity contribution in [3.05, 3.63) is 88.5 Å². The number of fused-ring (bicyclic) bond motifs is 4. The Morgan fingerprint density at radius 2 is 1.89 bits per heavy atom. The molecule has 2 aromatic carbocycles. The highest BCUT2D eigenvalue weighted by molar-refractivity contribution is 6.35. The number of piperidine rings is 1. The molecule has 3 atom stereocenters. The molecule has 3 fully saturated rings. The number of nitrogens with zero attached hydrogens (tertiary/aromatic N) is 4. The molecule has 226 valence electrons. The van der Waals surface area contributed by atoms with E-state index in [0.717, 1.165) is 84.3 Å². The van der Waals surface area contributed by atoms with E-state index in [4.69, 9.17) is 35.5 Å². The third-order valence-electron chi connectivity index (χ3n) is 9.65. The van der Waals surface area contributed by atoms with Crippen LogP contribution in [0.3, 0.4) is 0 Å². The number of halogens is 1. The lowest BCUT2D eigenvalue weighted by molar-refractivity contribution is -0.0593. The van der Waals surface area contributed by atoms with E-state index in [1.54, 1.807) is 18.4 Å². The van der Waals surface area contributed by atoms with E-state index < -0.39 is 5.97 Å². The Labute approximate surface area is 259 Å². The molecule has 10 heteroatoms. The summed E-state index contributed by atoms with van der Waals surface area (Å²) < 4.78 is 19.8. The van der Waals surface area contributed by atoms with Crippen molar-refractivity contribution in [1.29, 1.82) is 0 Å². The van der Waals surface area contributed by atoms with E-state index >= 15 is 0 Å². The fraction of sp³-hybridized carbons (Fsp3) is 0.382. The van der Waals surface area contributed by atoms with Gasteiger partial charge in [0.25, 0.3) is 0 Å². The molecule has 0 amide bonds. The molecule has 0 saturated carbocycles. The maximum Gasteiger partial charge on any atom is 0.335 e. The molecule has 3 aliphatic heterocycles. The summed E-state index contributed by atoms with van der Waals surface area (Å²) in [5.74, 6) is 1.03. The highest BCUT2D eigenvalue weighted by Gasteiger charge is 2.42. The van der Waals surface area contributed by atoms with Crippen molar-refractivity contribution >= 4 is 39.6 Å². The van der Waals surface area contributed by atoms with Gasteiger partial charge in [-0.2, -0.15) is 0 Å². The van der Waals surface area contributed by atoms with Gasteiger partial charge in [-0.3, -0.25) is 4.90 Å². The SMILES string of the molecule is O=C(O)c1ccc2nc(CN3C4CCC3CC(c3cccc(OCc5ccc(Cl)c6ccoc56)n3)C4)n(C[C@@H]3CCO3)c2c1. The van der Waals surface area contributed by atoms with Crippen LogP contribution in [-0.2, 0) is 24.4 Å². The molecule has 9 nitrogen and oxygen atoms in total. The number of aromatic nitrogens is 3. The quantitative estimate of drug-likeness (QED) is 0.194. The van der Waals surface area contributed by atoms with Gasteiger partial charge in [0.05, 0.1) is 47.1 Å². The second-order valence-electron chi connectivity index (χ2n) is 12.2. The Hall–Kier alpha value is -3.92. The molecule has 0 spiro atoms. The van der Waals surface area contributed by atoms with Gasteiger partial charge in [-0.05, 0) is 68.5 Å². The predicted octanol–water partition coefficient (Wildman–Crippen LogP) is 6.81. The third-order valence-corrected chi connectivity index (χ3v) is 9.98. The van der Waals surface area contributed by atoms with E-state index in [1.807, 2.05) is 36.4 Å². The van der Waals surface area contributed by atoms with Crippen LogP contribution in [0.2, 0.25) is 5.02 Å². The number of pyridine rings is 1. The molecule has 0 aliphatic carbocycles. The number of furan rings is 1. The van der Waals surface area contributed by atoms with Crippen molar-refractivity contribution in [3.63, 3.8) is 0 Å². The van der Waals surface area contributed by atoms with Gasteiger partial charge in [0.2, 0.25) is 5.88 Å². The summed E-state index contributed by atoms with van der Waals surface area (Å²) in [5.41, 5.74) is 4.73. The zero-order valence-electron chi connectivity index (χ0n) is 24.2. The molecule has 2 unspecified atom stereocenters. The van der Waals surface area contributed by atoms with E-state index in [0.29, 0.717) is 42.1 Å². The summed E-state index contributed by atoms with van der Waals surface area (Å²) in [4.78, 5) is 24.3. The van der Waals surface area contributed by atoms with Gasteiger partial charge in [-0.15, -0.1) is 0 Å². The van der Waals surface area contributed by atoms with Crippen LogP contribution in [0.4, 0.5) is 0 Å². The number of carbonyl (C=O) groups is 1. The number of rotatable bonds is 9. The van der Waals surface area contributed by atoms with Gasteiger partial charge in [0, 0.05) is 47.3 Å². The number of hydrogen-bond donors (Lipinski definition) is 1. The first kappa shape index (κ1) is 27.6. The van der Waals surface area contributed by atoms with Crippen LogP contribution in [0.15, 0.2) is 65.3 Å². The topological polar surface area (TPSA) is 103 Å². The van der Waals surface area contributed by atoms with E-state index in [9.17, 15) is 9.90 Å². The zero-order valence-corrected chi connectivity index (χ0v) is 24.9. The number of ether oxygens (including phenoxy) is 2. The minimum Gasteiger partial charge on any atom is -0.478 e. The minimum absolute atomic E-state index is 0.146. The summed E-state index contributed by atoms with van der Waals surface area (Å²) in [6.45, 7) is 2.56. The average Bonchev–Trinajstić information content (AvgIpc) is 3.69. The molecular weight excluding hydrogens is 580 g/mol. The van der Waals surface area contributed by atoms with Crippen LogP contribution in [-0.4, -0.2) is 55.3 Å². The normalized spacial score (nSPS) is 23.3. The molecule has 8 rings (SSSR count). The first-order valence-corrected chi connectivity index (χ1v) is 15.7. The number of benzene rings is 2. The second kappa shape index (κ2) is 11.2. The Balaban J connectivity index is 0.987. The van der Waals surface area contributed by atoms with Crippen LogP contribution in [0.5, 0.6) is 5.88 Å². The number of hydrogen-bond acceptors (Lipinski definition) is 7. The first-order chi connectivity index (χ1) is 21.5. The van der Waals surface area contributed by atoms with Gasteiger partial charge >= 0.3 is 5.97 Å². The van der Waals surface area contributed by atoms with Gasteiger partial charge in [-0.1, -0.05) is 23.7 Å². The molecule has 6 heterocycles. The van der Waals surface area contributed by atoms with Crippen molar-refractivity contribution in [2.45, 2.75) is 75.9 Å². The maximum atomic E-state index is 11.7. The van der Waals surface area contributed by atoms with Gasteiger partial charge in [0.1, 0.15) is 18.0 Å². The van der Waals surface area contributed by atoms with Gasteiger partial charge in [0.15, 0.2) is 0 Å². The lowest BCUT2D eigenvalue weighted by atomic mass is 9.87. The molecule has 44 heavy (non-hydrogen) atoms. The number of carboxylic acids is 1. The van der Waals surface area contributed by atoms with E-state index in [2.05, 4.69) is 15.5 Å². The summed E-state index contributed by atoms with van der Waals surface area (Å²) in [6.07, 6.45) is 7.18. The van der Waals surface area contributed by atoms with Crippen molar-refractivity contribution in [3.8, 4) is 5.88 Å². The fourth-order valence-electron chi connectivity index (χ4n) is 7.29. The summed E-state index contributed by atoms with van der Waals surface area (Å²) in [7, 11) is 0. The van der Waals surface area contributed by atoms with Crippen LogP contribution >= 0.6 is 11.6 Å². The van der Waals surface area contributed by atoms with Crippen molar-refractivity contribution in [2.75, 3.05) is 6.61 Å². The Morgan fingerprint density at radius 3 is 2.66 bits per heavy atom. The van der Waals surface area contributed by atoms with Crippen LogP contribution in [0, 0.1) is 0 Å². The zero-order chi connectivity index (χ0) is 29.8. The molecule has 3 aromatic heterocycles. The lowest BCUT2D eigenvalue weighted by Crippen LogP contribution is -2.42. The maximum absolute atomic E-state index is 11.7. The minimum atomic E-state index is -0.927. The summed E-state index contributed by atoms with van der Waals surface area (Å²) in [6, 6.07) is 17.8. The lowest BCUT2D eigenvalue weighted by Gasteiger charge is -2.39. The van der Waals surface area contributed by atoms with Gasteiger partial charge < -0.3 is 23.6 Å². The monoisotopic (exact) mass is 612 g/mol. The number of aromatic carboxylic acids is 1. The Morgan fingerprint density at radius 1 is 1.05 bits per heavy atom. The smallest absolute Gasteiger partial charge is 0.335 e.